The molecule has 1 aromatic heterocycles. The van der Waals surface area contributed by atoms with Crippen LogP contribution in [-0.4, -0.2) is 52.7 Å². The minimum atomic E-state index is -0.350. The Morgan fingerprint density at radius 1 is 1.19 bits per heavy atom. The second kappa shape index (κ2) is 7.47. The van der Waals surface area contributed by atoms with Crippen molar-refractivity contribution in [2.45, 2.75) is 63.5 Å². The average molecular weight is 368 g/mol. The molecule has 0 radical (unpaired) electrons. The number of carbonyl (C=O) groups is 1. The van der Waals surface area contributed by atoms with Crippen molar-refractivity contribution < 1.29 is 9.90 Å². The third kappa shape index (κ3) is 3.41. The van der Waals surface area contributed by atoms with Crippen molar-refractivity contribution in [1.82, 2.24) is 9.88 Å². The predicted octanol–water partition coefficient (Wildman–Crippen LogP) is 2.47. The topological polar surface area (TPSA) is 80.5 Å². The fourth-order valence-electron chi connectivity index (χ4n) is 5.25. The highest BCUT2D eigenvalue weighted by molar-refractivity contribution is 5.85. The molecule has 3 heterocycles. The van der Waals surface area contributed by atoms with Crippen LogP contribution in [0.2, 0.25) is 0 Å². The van der Waals surface area contributed by atoms with Crippen molar-refractivity contribution in [3.8, 4) is 6.07 Å². The van der Waals surface area contributed by atoms with Crippen LogP contribution in [0.15, 0.2) is 18.3 Å². The van der Waals surface area contributed by atoms with Crippen LogP contribution in [0.5, 0.6) is 0 Å². The van der Waals surface area contributed by atoms with Crippen molar-refractivity contribution in [3.63, 3.8) is 0 Å². The number of rotatable bonds is 2. The summed E-state index contributed by atoms with van der Waals surface area (Å²) in [5, 5.41) is 19.2. The average Bonchev–Trinajstić information content (AvgIpc) is 2.71. The van der Waals surface area contributed by atoms with E-state index in [1.54, 1.807) is 18.3 Å². The minimum Gasteiger partial charge on any atom is -0.393 e. The van der Waals surface area contributed by atoms with Gasteiger partial charge in [-0.3, -0.25) is 4.79 Å². The fourth-order valence-corrected chi connectivity index (χ4v) is 5.25. The molecule has 1 spiro atoms. The van der Waals surface area contributed by atoms with Gasteiger partial charge in [-0.25, -0.2) is 4.98 Å². The highest BCUT2D eigenvalue weighted by atomic mass is 16.3. The molecule has 144 valence electrons. The van der Waals surface area contributed by atoms with E-state index in [1.165, 1.54) is 0 Å². The molecule has 27 heavy (non-hydrogen) atoms. The van der Waals surface area contributed by atoms with Crippen molar-refractivity contribution in [2.75, 3.05) is 24.5 Å². The Balaban J connectivity index is 1.55. The summed E-state index contributed by atoms with van der Waals surface area (Å²) in [6, 6.07) is 6.09. The summed E-state index contributed by atoms with van der Waals surface area (Å²) >= 11 is 0. The van der Waals surface area contributed by atoms with Crippen LogP contribution < -0.4 is 4.90 Å². The molecule has 2 aliphatic heterocycles. The van der Waals surface area contributed by atoms with Crippen molar-refractivity contribution in [3.05, 3.63) is 23.9 Å². The molecule has 3 fully saturated rings. The number of anilines is 1. The van der Waals surface area contributed by atoms with E-state index >= 15 is 0 Å². The molecular weight excluding hydrogens is 340 g/mol. The number of aliphatic hydroxyl groups is 1. The number of likely N-dealkylation sites (tertiary alicyclic amines) is 1. The summed E-state index contributed by atoms with van der Waals surface area (Å²) in [4.78, 5) is 22.3. The number of pyridine rings is 1. The van der Waals surface area contributed by atoms with Crippen LogP contribution in [0.4, 0.5) is 5.82 Å². The van der Waals surface area contributed by atoms with E-state index in [9.17, 15) is 15.2 Å². The normalized spacial score (nSPS) is 31.8. The SMILES string of the molecule is N#Cc1cccnc1N1CCCC2(CCCN(C3CCC(O)CC3)C2=O)C1. The second-order valence-electron chi connectivity index (χ2n) is 8.36. The number of nitriles is 1. The number of nitrogens with zero attached hydrogens (tertiary/aromatic N) is 4. The van der Waals surface area contributed by atoms with Crippen LogP contribution in [0, 0.1) is 16.7 Å². The monoisotopic (exact) mass is 368 g/mol. The highest BCUT2D eigenvalue weighted by Gasteiger charge is 2.48. The quantitative estimate of drug-likeness (QED) is 0.867. The Bertz CT molecular complexity index is 734. The maximum absolute atomic E-state index is 13.6. The van der Waals surface area contributed by atoms with Gasteiger partial charge in [0.2, 0.25) is 5.91 Å². The van der Waals surface area contributed by atoms with E-state index in [0.717, 1.165) is 64.5 Å². The standard InChI is InChI=1S/C21H28N4O2/c22-14-16-4-1-11-23-19(16)24-12-2-9-21(15-24)10-3-13-25(20(21)27)17-5-7-18(26)8-6-17/h1,4,11,17-18,26H,2-3,5-10,12-13,15H2. The minimum absolute atomic E-state index is 0.200. The molecular formula is C21H28N4O2. The van der Waals surface area contributed by atoms with Gasteiger partial charge in [-0.2, -0.15) is 5.26 Å². The van der Waals surface area contributed by atoms with E-state index in [1.807, 2.05) is 0 Å². The number of hydrogen-bond donors (Lipinski definition) is 1. The number of aromatic nitrogens is 1. The lowest BCUT2D eigenvalue weighted by molar-refractivity contribution is -0.151. The number of carbonyl (C=O) groups excluding carboxylic acids is 1. The zero-order chi connectivity index (χ0) is 18.9. The Morgan fingerprint density at radius 3 is 2.67 bits per heavy atom. The van der Waals surface area contributed by atoms with Gasteiger partial charge >= 0.3 is 0 Å². The van der Waals surface area contributed by atoms with E-state index < -0.39 is 0 Å². The fraction of sp³-hybridized carbons (Fsp3) is 0.667. The van der Waals surface area contributed by atoms with E-state index in [2.05, 4.69) is 20.9 Å². The lowest BCUT2D eigenvalue weighted by Crippen LogP contribution is -2.59. The predicted molar refractivity (Wildman–Crippen MR) is 102 cm³/mol. The van der Waals surface area contributed by atoms with Gasteiger partial charge in [0.25, 0.3) is 0 Å². The van der Waals surface area contributed by atoms with Crippen LogP contribution >= 0.6 is 0 Å². The second-order valence-corrected chi connectivity index (χ2v) is 8.36. The van der Waals surface area contributed by atoms with Crippen molar-refractivity contribution in [2.24, 2.45) is 5.41 Å². The first-order valence-corrected chi connectivity index (χ1v) is 10.2. The Kier molecular flexibility index (Phi) is 5.05. The van der Waals surface area contributed by atoms with Gasteiger partial charge in [0.1, 0.15) is 11.9 Å². The van der Waals surface area contributed by atoms with Gasteiger partial charge in [-0.05, 0) is 63.5 Å². The molecule has 1 aromatic rings. The molecule has 0 bridgehead atoms. The highest BCUT2D eigenvalue weighted by Crippen LogP contribution is 2.42. The first-order valence-electron chi connectivity index (χ1n) is 10.2. The number of piperidine rings is 2. The largest absolute Gasteiger partial charge is 0.393 e. The van der Waals surface area contributed by atoms with Gasteiger partial charge in [0.05, 0.1) is 17.1 Å². The first-order chi connectivity index (χ1) is 13.1. The molecule has 4 rings (SSSR count). The Labute approximate surface area is 160 Å². The summed E-state index contributed by atoms with van der Waals surface area (Å²) in [5.41, 5.74) is 0.229. The first kappa shape index (κ1) is 18.2. The van der Waals surface area contributed by atoms with Gasteiger partial charge in [-0.15, -0.1) is 0 Å². The summed E-state index contributed by atoms with van der Waals surface area (Å²) in [7, 11) is 0. The molecule has 1 saturated carbocycles. The van der Waals surface area contributed by atoms with Gasteiger partial charge < -0.3 is 14.9 Å². The third-order valence-electron chi connectivity index (χ3n) is 6.66. The molecule has 1 atom stereocenters. The van der Waals surface area contributed by atoms with E-state index in [0.29, 0.717) is 17.9 Å². The van der Waals surface area contributed by atoms with Gasteiger partial charge in [0.15, 0.2) is 0 Å². The third-order valence-corrected chi connectivity index (χ3v) is 6.66. The smallest absolute Gasteiger partial charge is 0.230 e. The number of hydrogen-bond acceptors (Lipinski definition) is 5. The Morgan fingerprint density at radius 2 is 1.93 bits per heavy atom. The lowest BCUT2D eigenvalue weighted by Gasteiger charge is -2.50. The molecule has 3 aliphatic rings. The van der Waals surface area contributed by atoms with Gasteiger partial charge in [-0.1, -0.05) is 0 Å². The maximum atomic E-state index is 13.6. The molecule has 1 aliphatic carbocycles. The molecule has 6 nitrogen and oxygen atoms in total. The van der Waals surface area contributed by atoms with E-state index in [4.69, 9.17) is 0 Å². The van der Waals surface area contributed by atoms with Crippen LogP contribution in [0.3, 0.4) is 0 Å². The van der Waals surface area contributed by atoms with Crippen LogP contribution in [-0.2, 0) is 4.79 Å². The summed E-state index contributed by atoms with van der Waals surface area (Å²) in [5.74, 6) is 0.999. The molecule has 6 heteroatoms. The van der Waals surface area contributed by atoms with E-state index in [-0.39, 0.29) is 23.5 Å². The zero-order valence-electron chi connectivity index (χ0n) is 15.8. The van der Waals surface area contributed by atoms with Crippen molar-refractivity contribution in [1.29, 1.82) is 5.26 Å². The zero-order valence-corrected chi connectivity index (χ0v) is 15.8. The van der Waals surface area contributed by atoms with Crippen LogP contribution in [0.1, 0.15) is 56.9 Å². The summed E-state index contributed by atoms with van der Waals surface area (Å²) in [6.45, 7) is 2.34. The number of aliphatic hydroxyl groups excluding tert-OH is 1. The van der Waals surface area contributed by atoms with Gasteiger partial charge in [0, 0.05) is 31.9 Å². The molecule has 1 unspecified atom stereocenters. The molecule has 2 saturated heterocycles. The number of amides is 1. The van der Waals surface area contributed by atoms with Crippen molar-refractivity contribution >= 4 is 11.7 Å². The lowest BCUT2D eigenvalue weighted by atomic mass is 9.72. The molecule has 0 aromatic carbocycles. The molecule has 1 amide bonds. The summed E-state index contributed by atoms with van der Waals surface area (Å²) in [6.07, 6.45) is 8.76. The maximum Gasteiger partial charge on any atom is 0.230 e. The van der Waals surface area contributed by atoms with Crippen LogP contribution in [0.25, 0.3) is 0 Å². The summed E-state index contributed by atoms with van der Waals surface area (Å²) < 4.78 is 0. The molecule has 1 N–H and O–H groups in total. The Hall–Kier alpha value is -2.13.